The predicted molar refractivity (Wildman–Crippen MR) is 89.6 cm³/mol. The second-order valence-electron chi connectivity index (χ2n) is 7.49. The first-order valence-electron chi connectivity index (χ1n) is 8.89. The number of hydrogen-bond acceptors (Lipinski definition) is 3. The Morgan fingerprint density at radius 3 is 2.30 bits per heavy atom. The topological polar surface area (TPSA) is 6.48 Å². The Bertz CT molecular complexity index is 295. The summed E-state index contributed by atoms with van der Waals surface area (Å²) in [6.07, 6.45) is 12.9. The summed E-state index contributed by atoms with van der Waals surface area (Å²) in [6.45, 7) is 6.69. The van der Waals surface area contributed by atoms with Gasteiger partial charge in [0.1, 0.15) is 0 Å². The van der Waals surface area contributed by atoms with E-state index in [1.54, 1.807) is 0 Å². The maximum Gasteiger partial charge on any atom is 0.0235 e. The molecular weight excluding hydrogens is 264 g/mol. The van der Waals surface area contributed by atoms with E-state index in [0.29, 0.717) is 5.41 Å². The molecule has 0 aromatic rings. The maximum absolute atomic E-state index is 4.71. The molecule has 3 aliphatic rings. The van der Waals surface area contributed by atoms with E-state index in [1.807, 2.05) is 0 Å². The average molecular weight is 297 g/mol. The van der Waals surface area contributed by atoms with E-state index >= 15 is 0 Å². The molecule has 2 heterocycles. The summed E-state index contributed by atoms with van der Waals surface area (Å²) in [6, 6.07) is 0.857. The van der Waals surface area contributed by atoms with Crippen molar-refractivity contribution in [3.63, 3.8) is 0 Å². The van der Waals surface area contributed by atoms with Gasteiger partial charge in [-0.25, -0.2) is 0 Å². The van der Waals surface area contributed by atoms with Crippen LogP contribution in [-0.2, 0) is 0 Å². The molecule has 1 atom stereocenters. The fraction of sp³-hybridized carbons (Fsp3) is 1.00. The Balaban J connectivity index is 1.51. The van der Waals surface area contributed by atoms with Gasteiger partial charge in [0.05, 0.1) is 0 Å². The van der Waals surface area contributed by atoms with Crippen molar-refractivity contribution < 1.29 is 0 Å². The Morgan fingerprint density at radius 2 is 1.60 bits per heavy atom. The normalized spacial score (nSPS) is 32.5. The summed E-state index contributed by atoms with van der Waals surface area (Å²) < 4.78 is 0. The molecule has 1 unspecified atom stereocenters. The molecular formula is C17H32N2S. The number of piperidine rings is 1. The van der Waals surface area contributed by atoms with Gasteiger partial charge in [-0.05, 0) is 62.9 Å². The van der Waals surface area contributed by atoms with Gasteiger partial charge in [0.25, 0.3) is 0 Å². The van der Waals surface area contributed by atoms with Gasteiger partial charge in [-0.15, -0.1) is 0 Å². The van der Waals surface area contributed by atoms with E-state index < -0.39 is 0 Å². The first-order valence-corrected chi connectivity index (χ1v) is 9.52. The summed E-state index contributed by atoms with van der Waals surface area (Å²) >= 11 is 4.71. The van der Waals surface area contributed by atoms with Crippen LogP contribution in [0.25, 0.3) is 0 Å². The molecule has 1 saturated carbocycles. The average Bonchev–Trinajstić information content (AvgIpc) is 2.97. The van der Waals surface area contributed by atoms with Gasteiger partial charge in [0.15, 0.2) is 0 Å². The molecule has 2 saturated heterocycles. The zero-order valence-corrected chi connectivity index (χ0v) is 13.9. The largest absolute Gasteiger partial charge is 0.301 e. The van der Waals surface area contributed by atoms with E-state index in [1.165, 1.54) is 90.5 Å². The van der Waals surface area contributed by atoms with Gasteiger partial charge in [-0.1, -0.05) is 25.7 Å². The van der Waals surface area contributed by atoms with Crippen LogP contribution in [0.2, 0.25) is 0 Å². The third-order valence-electron chi connectivity index (χ3n) is 5.96. The highest BCUT2D eigenvalue weighted by molar-refractivity contribution is 7.80. The van der Waals surface area contributed by atoms with Gasteiger partial charge < -0.3 is 4.90 Å². The van der Waals surface area contributed by atoms with Crippen LogP contribution in [0.1, 0.15) is 57.8 Å². The number of likely N-dealkylation sites (tertiary alicyclic amines) is 2. The zero-order valence-electron chi connectivity index (χ0n) is 13.0. The molecule has 0 radical (unpaired) electrons. The second kappa shape index (κ2) is 7.02. The second-order valence-corrected chi connectivity index (χ2v) is 7.81. The lowest BCUT2D eigenvalue weighted by Gasteiger charge is -2.39. The van der Waals surface area contributed by atoms with Crippen molar-refractivity contribution in [1.82, 2.24) is 9.80 Å². The summed E-state index contributed by atoms with van der Waals surface area (Å²) in [5, 5.41) is 0. The molecule has 3 fully saturated rings. The Morgan fingerprint density at radius 1 is 0.900 bits per heavy atom. The Kier molecular flexibility index (Phi) is 5.33. The van der Waals surface area contributed by atoms with Crippen molar-refractivity contribution >= 4 is 12.6 Å². The minimum Gasteiger partial charge on any atom is -0.301 e. The van der Waals surface area contributed by atoms with Crippen LogP contribution >= 0.6 is 12.6 Å². The van der Waals surface area contributed by atoms with E-state index in [4.69, 9.17) is 12.6 Å². The molecule has 2 aliphatic heterocycles. The first-order chi connectivity index (χ1) is 9.81. The lowest BCUT2D eigenvalue weighted by Crippen LogP contribution is -2.43. The van der Waals surface area contributed by atoms with Crippen LogP contribution in [-0.4, -0.2) is 54.3 Å². The van der Waals surface area contributed by atoms with Crippen LogP contribution in [0.5, 0.6) is 0 Å². The summed E-state index contributed by atoms with van der Waals surface area (Å²) in [5.41, 5.74) is 0.540. The summed E-state index contributed by atoms with van der Waals surface area (Å²) in [7, 11) is 0. The van der Waals surface area contributed by atoms with Gasteiger partial charge >= 0.3 is 0 Å². The Hall–Kier alpha value is 0.270. The van der Waals surface area contributed by atoms with Crippen molar-refractivity contribution in [3.05, 3.63) is 0 Å². The molecule has 2 nitrogen and oxygen atoms in total. The van der Waals surface area contributed by atoms with Crippen LogP contribution in [0.3, 0.4) is 0 Å². The number of hydrogen-bond donors (Lipinski definition) is 1. The van der Waals surface area contributed by atoms with E-state index in [0.717, 1.165) is 11.8 Å². The summed E-state index contributed by atoms with van der Waals surface area (Å²) in [5.74, 6) is 1.10. The molecule has 0 aromatic heterocycles. The lowest BCUT2D eigenvalue weighted by molar-refractivity contribution is 0.124. The van der Waals surface area contributed by atoms with Crippen LogP contribution in [0.15, 0.2) is 0 Å². The number of rotatable bonds is 4. The molecule has 116 valence electrons. The predicted octanol–water partition coefficient (Wildman–Crippen LogP) is 3.43. The van der Waals surface area contributed by atoms with E-state index in [2.05, 4.69) is 9.80 Å². The minimum absolute atomic E-state index is 0.540. The van der Waals surface area contributed by atoms with Crippen molar-refractivity contribution in [1.29, 1.82) is 0 Å². The van der Waals surface area contributed by atoms with Crippen LogP contribution < -0.4 is 0 Å². The molecule has 3 rings (SSSR count). The maximum atomic E-state index is 4.71. The van der Waals surface area contributed by atoms with Crippen LogP contribution in [0, 0.1) is 5.41 Å². The molecule has 3 heteroatoms. The highest BCUT2D eigenvalue weighted by Crippen LogP contribution is 2.38. The summed E-state index contributed by atoms with van der Waals surface area (Å²) in [4.78, 5) is 5.54. The highest BCUT2D eigenvalue weighted by Gasteiger charge is 2.36. The highest BCUT2D eigenvalue weighted by atomic mass is 32.1. The first kappa shape index (κ1) is 15.2. The van der Waals surface area contributed by atoms with Gasteiger partial charge in [0, 0.05) is 19.1 Å². The van der Waals surface area contributed by atoms with Crippen molar-refractivity contribution in [2.75, 3.05) is 38.5 Å². The molecule has 0 bridgehead atoms. The number of thiol groups is 1. The number of nitrogens with zero attached hydrogens (tertiary/aromatic N) is 2. The quantitative estimate of drug-likeness (QED) is 0.794. The van der Waals surface area contributed by atoms with Gasteiger partial charge in [-0.3, -0.25) is 4.90 Å². The molecule has 0 amide bonds. The third-order valence-corrected chi connectivity index (χ3v) is 6.63. The van der Waals surface area contributed by atoms with Gasteiger partial charge in [0.2, 0.25) is 0 Å². The molecule has 0 aromatic carbocycles. The fourth-order valence-electron chi connectivity index (χ4n) is 4.68. The zero-order chi connectivity index (χ0) is 13.8. The van der Waals surface area contributed by atoms with Crippen molar-refractivity contribution in [3.8, 4) is 0 Å². The SMILES string of the molecule is SCC1(CN2CCC(N3CCCCC3)C2)CCCCC1. The standard InChI is InChI=1S/C17H32N2S/c20-15-17(8-3-1-4-9-17)14-18-12-7-16(13-18)19-10-5-2-6-11-19/h16,20H,1-15H2. The molecule has 0 spiro atoms. The smallest absolute Gasteiger partial charge is 0.0235 e. The van der Waals surface area contributed by atoms with E-state index in [-0.39, 0.29) is 0 Å². The third kappa shape index (κ3) is 3.53. The van der Waals surface area contributed by atoms with E-state index in [9.17, 15) is 0 Å². The minimum atomic E-state index is 0.540. The molecule has 1 aliphatic carbocycles. The Labute approximate surface area is 130 Å². The van der Waals surface area contributed by atoms with Crippen molar-refractivity contribution in [2.45, 2.75) is 63.8 Å². The monoisotopic (exact) mass is 296 g/mol. The van der Waals surface area contributed by atoms with Gasteiger partial charge in [-0.2, -0.15) is 12.6 Å². The lowest BCUT2D eigenvalue weighted by atomic mass is 9.75. The molecule has 20 heavy (non-hydrogen) atoms. The fourth-order valence-corrected chi connectivity index (χ4v) is 5.10. The molecule has 0 N–H and O–H groups in total. The van der Waals surface area contributed by atoms with Crippen LogP contribution in [0.4, 0.5) is 0 Å². The van der Waals surface area contributed by atoms with Crippen molar-refractivity contribution in [2.24, 2.45) is 5.41 Å².